The van der Waals surface area contributed by atoms with Crippen molar-refractivity contribution >= 4 is 12.6 Å². The van der Waals surface area contributed by atoms with Gasteiger partial charge in [0.05, 0.1) is 5.69 Å². The lowest BCUT2D eigenvalue weighted by atomic mass is 10.1. The molecule has 0 saturated heterocycles. The predicted molar refractivity (Wildman–Crippen MR) is 88.1 cm³/mol. The molecule has 0 fully saturated rings. The highest BCUT2D eigenvalue weighted by atomic mass is 32.1. The number of thiol groups is 1. The van der Waals surface area contributed by atoms with E-state index >= 15 is 0 Å². The number of aryl methyl sites for hydroxylation is 2. The van der Waals surface area contributed by atoms with Crippen LogP contribution in [-0.4, -0.2) is 22.2 Å². The Morgan fingerprint density at radius 2 is 1.80 bits per heavy atom. The lowest BCUT2D eigenvalue weighted by Crippen LogP contribution is -2.25. The van der Waals surface area contributed by atoms with Crippen molar-refractivity contribution in [2.75, 3.05) is 12.3 Å². The van der Waals surface area contributed by atoms with Gasteiger partial charge in [0.1, 0.15) is 0 Å². The van der Waals surface area contributed by atoms with Gasteiger partial charge in [0.2, 0.25) is 0 Å². The van der Waals surface area contributed by atoms with Crippen LogP contribution in [0.3, 0.4) is 0 Å². The summed E-state index contributed by atoms with van der Waals surface area (Å²) in [5.41, 5.74) is 5.12. The second-order valence-corrected chi connectivity index (χ2v) is 5.70. The lowest BCUT2D eigenvalue weighted by Gasteiger charge is -2.21. The minimum absolute atomic E-state index is 0.859. The Bertz CT molecular complexity index is 520. The molecule has 1 aromatic carbocycles. The van der Waals surface area contributed by atoms with Crippen LogP contribution in [0.25, 0.3) is 0 Å². The zero-order valence-corrected chi connectivity index (χ0v) is 13.1. The molecule has 0 bridgehead atoms. The monoisotopic (exact) mass is 286 g/mol. The Hall–Kier alpha value is -1.32. The molecule has 2 nitrogen and oxygen atoms in total. The molecule has 0 amide bonds. The molecule has 0 aliphatic carbocycles. The summed E-state index contributed by atoms with van der Waals surface area (Å²) < 4.78 is 0. The highest BCUT2D eigenvalue weighted by Gasteiger charge is 2.07. The molecule has 20 heavy (non-hydrogen) atoms. The number of hydrogen-bond acceptors (Lipinski definition) is 3. The van der Waals surface area contributed by atoms with Crippen molar-refractivity contribution in [2.24, 2.45) is 0 Å². The van der Waals surface area contributed by atoms with Gasteiger partial charge >= 0.3 is 0 Å². The van der Waals surface area contributed by atoms with E-state index in [1.807, 2.05) is 18.3 Å². The molecular weight excluding hydrogens is 264 g/mol. The quantitative estimate of drug-likeness (QED) is 0.816. The van der Waals surface area contributed by atoms with Gasteiger partial charge in [-0.25, -0.2) is 0 Å². The maximum atomic E-state index is 4.41. The summed E-state index contributed by atoms with van der Waals surface area (Å²) in [6.07, 6.45) is 1.85. The Balaban J connectivity index is 2.08. The maximum Gasteiger partial charge on any atom is 0.0544 e. The average Bonchev–Trinajstić information content (AvgIpc) is 2.39. The van der Waals surface area contributed by atoms with Crippen LogP contribution in [0, 0.1) is 13.8 Å². The van der Waals surface area contributed by atoms with Crippen LogP contribution in [0.4, 0.5) is 0 Å². The third-order valence-electron chi connectivity index (χ3n) is 3.22. The SMILES string of the molecule is Cc1cc(C)cc(CN(CCS)Cc2ccccn2)c1. The number of pyridine rings is 1. The van der Waals surface area contributed by atoms with Crippen molar-refractivity contribution in [1.29, 1.82) is 0 Å². The third kappa shape index (κ3) is 4.66. The van der Waals surface area contributed by atoms with Crippen molar-refractivity contribution in [2.45, 2.75) is 26.9 Å². The molecule has 0 aliphatic rings. The first kappa shape index (κ1) is 15.1. The van der Waals surface area contributed by atoms with E-state index in [4.69, 9.17) is 0 Å². The van der Waals surface area contributed by atoms with Gasteiger partial charge < -0.3 is 0 Å². The van der Waals surface area contributed by atoms with Gasteiger partial charge in [-0.3, -0.25) is 9.88 Å². The van der Waals surface area contributed by atoms with E-state index < -0.39 is 0 Å². The van der Waals surface area contributed by atoms with Crippen molar-refractivity contribution in [3.8, 4) is 0 Å². The van der Waals surface area contributed by atoms with Gasteiger partial charge in [-0.2, -0.15) is 12.6 Å². The van der Waals surface area contributed by atoms with Crippen LogP contribution in [0.5, 0.6) is 0 Å². The Morgan fingerprint density at radius 3 is 2.40 bits per heavy atom. The summed E-state index contributed by atoms with van der Waals surface area (Å²) >= 11 is 4.37. The van der Waals surface area contributed by atoms with E-state index in [2.05, 4.69) is 60.6 Å². The second-order valence-electron chi connectivity index (χ2n) is 5.25. The molecular formula is C17H22N2S. The first-order valence-electron chi connectivity index (χ1n) is 6.97. The molecule has 0 unspecified atom stereocenters. The molecule has 1 aromatic heterocycles. The summed E-state index contributed by atoms with van der Waals surface area (Å²) in [5, 5.41) is 0. The molecule has 0 spiro atoms. The number of rotatable bonds is 6. The van der Waals surface area contributed by atoms with Crippen LogP contribution in [0.2, 0.25) is 0 Å². The summed E-state index contributed by atoms with van der Waals surface area (Å²) in [5.74, 6) is 0.859. The van der Waals surface area contributed by atoms with Crippen molar-refractivity contribution in [3.05, 3.63) is 65.0 Å². The number of hydrogen-bond donors (Lipinski definition) is 1. The maximum absolute atomic E-state index is 4.41. The number of aromatic nitrogens is 1. The van der Waals surface area contributed by atoms with Gasteiger partial charge in [0.25, 0.3) is 0 Å². The van der Waals surface area contributed by atoms with Crippen molar-refractivity contribution in [1.82, 2.24) is 9.88 Å². The van der Waals surface area contributed by atoms with Crippen LogP contribution in [-0.2, 0) is 13.1 Å². The minimum Gasteiger partial charge on any atom is -0.292 e. The Kier molecular flexibility index (Phi) is 5.62. The third-order valence-corrected chi connectivity index (χ3v) is 3.42. The molecule has 1 heterocycles. The average molecular weight is 286 g/mol. The van der Waals surface area contributed by atoms with Gasteiger partial charge in [-0.05, 0) is 31.5 Å². The first-order valence-corrected chi connectivity index (χ1v) is 7.61. The van der Waals surface area contributed by atoms with Gasteiger partial charge in [0.15, 0.2) is 0 Å². The normalized spacial score (nSPS) is 11.0. The van der Waals surface area contributed by atoms with Gasteiger partial charge in [-0.1, -0.05) is 35.4 Å². The van der Waals surface area contributed by atoms with E-state index in [9.17, 15) is 0 Å². The van der Waals surface area contributed by atoms with E-state index in [0.717, 1.165) is 31.1 Å². The molecule has 0 aliphatic heterocycles. The highest BCUT2D eigenvalue weighted by Crippen LogP contribution is 2.13. The van der Waals surface area contributed by atoms with Crippen LogP contribution >= 0.6 is 12.6 Å². The van der Waals surface area contributed by atoms with E-state index in [0.29, 0.717) is 0 Å². The molecule has 0 radical (unpaired) electrons. The lowest BCUT2D eigenvalue weighted by molar-refractivity contribution is 0.270. The molecule has 2 rings (SSSR count). The molecule has 2 aromatic rings. The molecule has 106 valence electrons. The van der Waals surface area contributed by atoms with Gasteiger partial charge in [0, 0.05) is 31.6 Å². The smallest absolute Gasteiger partial charge is 0.0544 e. The predicted octanol–water partition coefficient (Wildman–Crippen LogP) is 3.63. The fraction of sp³-hybridized carbons (Fsp3) is 0.353. The highest BCUT2D eigenvalue weighted by molar-refractivity contribution is 7.80. The molecule has 3 heteroatoms. The number of benzene rings is 1. The summed E-state index contributed by atoms with van der Waals surface area (Å²) in [4.78, 5) is 6.80. The Labute approximate surface area is 127 Å². The second kappa shape index (κ2) is 7.46. The molecule has 0 atom stereocenters. The van der Waals surface area contributed by atoms with E-state index in [1.165, 1.54) is 16.7 Å². The summed E-state index contributed by atoms with van der Waals surface area (Å²) in [6, 6.07) is 12.8. The zero-order chi connectivity index (χ0) is 14.4. The fourth-order valence-electron chi connectivity index (χ4n) is 2.49. The van der Waals surface area contributed by atoms with Crippen LogP contribution < -0.4 is 0 Å². The fourth-order valence-corrected chi connectivity index (χ4v) is 2.78. The summed E-state index contributed by atoms with van der Waals surface area (Å²) in [6.45, 7) is 7.08. The topological polar surface area (TPSA) is 16.1 Å². The zero-order valence-electron chi connectivity index (χ0n) is 12.2. The summed E-state index contributed by atoms with van der Waals surface area (Å²) in [7, 11) is 0. The molecule has 0 N–H and O–H groups in total. The largest absolute Gasteiger partial charge is 0.292 e. The molecule has 0 saturated carbocycles. The van der Waals surface area contributed by atoms with E-state index in [-0.39, 0.29) is 0 Å². The van der Waals surface area contributed by atoms with E-state index in [1.54, 1.807) is 0 Å². The first-order chi connectivity index (χ1) is 9.67. The Morgan fingerprint density at radius 1 is 1.05 bits per heavy atom. The standard InChI is InChI=1S/C17H22N2S/c1-14-9-15(2)11-16(10-14)12-19(7-8-20)13-17-5-3-4-6-18-17/h3-6,9-11,20H,7-8,12-13H2,1-2H3. The number of nitrogens with zero attached hydrogens (tertiary/aromatic N) is 2. The minimum atomic E-state index is 0.859. The van der Waals surface area contributed by atoms with Crippen LogP contribution in [0.15, 0.2) is 42.6 Å². The van der Waals surface area contributed by atoms with Crippen molar-refractivity contribution < 1.29 is 0 Å². The van der Waals surface area contributed by atoms with Gasteiger partial charge in [-0.15, -0.1) is 0 Å². The van der Waals surface area contributed by atoms with Crippen molar-refractivity contribution in [3.63, 3.8) is 0 Å². The van der Waals surface area contributed by atoms with Crippen LogP contribution in [0.1, 0.15) is 22.4 Å².